The quantitative estimate of drug-likeness (QED) is 0.722. The second kappa shape index (κ2) is 5.56. The van der Waals surface area contributed by atoms with E-state index in [4.69, 9.17) is 10.8 Å². The first-order valence-corrected chi connectivity index (χ1v) is 5.97. The van der Waals surface area contributed by atoms with E-state index >= 15 is 0 Å². The third-order valence-electron chi connectivity index (χ3n) is 2.92. The molecule has 18 heavy (non-hydrogen) atoms. The van der Waals surface area contributed by atoms with Crippen molar-refractivity contribution in [3.8, 4) is 0 Å². The highest BCUT2D eigenvalue weighted by Crippen LogP contribution is 2.19. The lowest BCUT2D eigenvalue weighted by Crippen LogP contribution is -2.02. The summed E-state index contributed by atoms with van der Waals surface area (Å²) >= 11 is 0. The zero-order valence-corrected chi connectivity index (χ0v) is 10.5. The molecule has 0 fully saturated rings. The van der Waals surface area contributed by atoms with Crippen LogP contribution in [-0.2, 0) is 13.2 Å². The number of rotatable bonds is 4. The number of aryl methyl sites for hydroxylation is 1. The molecule has 2 rings (SSSR count). The third kappa shape index (κ3) is 3.02. The summed E-state index contributed by atoms with van der Waals surface area (Å²) in [6.07, 6.45) is 0. The van der Waals surface area contributed by atoms with Gasteiger partial charge in [0.05, 0.1) is 6.61 Å². The van der Waals surface area contributed by atoms with Gasteiger partial charge in [-0.1, -0.05) is 30.3 Å². The molecule has 0 bridgehead atoms. The molecule has 0 aliphatic carbocycles. The van der Waals surface area contributed by atoms with E-state index < -0.39 is 0 Å². The van der Waals surface area contributed by atoms with Gasteiger partial charge >= 0.3 is 0 Å². The molecule has 4 N–H and O–H groups in total. The second-order valence-corrected chi connectivity index (χ2v) is 4.41. The van der Waals surface area contributed by atoms with Crippen molar-refractivity contribution in [2.75, 3.05) is 11.1 Å². The average molecular weight is 242 g/mol. The molecular formula is C15H18N2O. The van der Waals surface area contributed by atoms with Crippen molar-refractivity contribution in [3.05, 3.63) is 59.2 Å². The predicted octanol–water partition coefficient (Wildman–Crippen LogP) is 2.68. The molecule has 0 saturated heterocycles. The Balaban J connectivity index is 2.08. The molecule has 94 valence electrons. The molecule has 0 amide bonds. The number of hydrogen-bond acceptors (Lipinski definition) is 3. The van der Waals surface area contributed by atoms with E-state index in [1.807, 2.05) is 49.4 Å². The van der Waals surface area contributed by atoms with Gasteiger partial charge in [0, 0.05) is 17.9 Å². The normalized spacial score (nSPS) is 10.3. The fourth-order valence-corrected chi connectivity index (χ4v) is 1.87. The van der Waals surface area contributed by atoms with E-state index in [0.717, 1.165) is 29.0 Å². The van der Waals surface area contributed by atoms with Crippen LogP contribution in [0.2, 0.25) is 0 Å². The molecule has 0 saturated carbocycles. The highest BCUT2D eigenvalue weighted by molar-refractivity contribution is 5.59. The number of benzene rings is 2. The Morgan fingerprint density at radius 1 is 1.11 bits per heavy atom. The van der Waals surface area contributed by atoms with Crippen LogP contribution in [0.1, 0.15) is 16.7 Å². The minimum Gasteiger partial charge on any atom is -0.399 e. The van der Waals surface area contributed by atoms with Crippen LogP contribution in [0.4, 0.5) is 11.4 Å². The summed E-state index contributed by atoms with van der Waals surface area (Å²) in [7, 11) is 0. The van der Waals surface area contributed by atoms with E-state index in [9.17, 15) is 0 Å². The largest absolute Gasteiger partial charge is 0.399 e. The zero-order valence-electron chi connectivity index (χ0n) is 10.5. The van der Waals surface area contributed by atoms with Gasteiger partial charge in [0.25, 0.3) is 0 Å². The average Bonchev–Trinajstić information content (AvgIpc) is 2.40. The highest BCUT2D eigenvalue weighted by Gasteiger charge is 2.00. The summed E-state index contributed by atoms with van der Waals surface area (Å²) in [4.78, 5) is 0. The summed E-state index contributed by atoms with van der Waals surface area (Å²) in [6.45, 7) is 2.84. The Hall–Kier alpha value is -2.00. The Bertz CT molecular complexity index is 538. The monoisotopic (exact) mass is 242 g/mol. The van der Waals surface area contributed by atoms with Gasteiger partial charge in [0.1, 0.15) is 0 Å². The van der Waals surface area contributed by atoms with Crippen molar-refractivity contribution >= 4 is 11.4 Å². The molecule has 0 aromatic heterocycles. The smallest absolute Gasteiger partial charge is 0.0681 e. The fraction of sp³-hybridized carbons (Fsp3) is 0.200. The number of nitrogens with two attached hydrogens (primary N) is 1. The van der Waals surface area contributed by atoms with Crippen molar-refractivity contribution in [1.82, 2.24) is 0 Å². The number of nitrogen functional groups attached to an aromatic ring is 1. The fourth-order valence-electron chi connectivity index (χ4n) is 1.87. The van der Waals surface area contributed by atoms with Crippen LogP contribution in [0.5, 0.6) is 0 Å². The lowest BCUT2D eigenvalue weighted by Gasteiger charge is -2.11. The molecular weight excluding hydrogens is 224 g/mol. The Labute approximate surface area is 107 Å². The maximum atomic E-state index is 9.09. The van der Waals surface area contributed by atoms with E-state index in [1.54, 1.807) is 0 Å². The molecule has 0 aliphatic rings. The summed E-state index contributed by atoms with van der Waals surface area (Å²) in [5.74, 6) is 0. The highest BCUT2D eigenvalue weighted by atomic mass is 16.3. The third-order valence-corrected chi connectivity index (χ3v) is 2.92. The van der Waals surface area contributed by atoms with Gasteiger partial charge in [-0.3, -0.25) is 0 Å². The maximum absolute atomic E-state index is 9.09. The van der Waals surface area contributed by atoms with E-state index in [-0.39, 0.29) is 6.61 Å². The number of aliphatic hydroxyl groups is 1. The van der Waals surface area contributed by atoms with E-state index in [1.165, 1.54) is 5.56 Å². The summed E-state index contributed by atoms with van der Waals surface area (Å²) in [6, 6.07) is 13.7. The standard InChI is InChI=1S/C15H18N2O/c1-11-5-6-14(16)8-15(11)17-9-12-3-2-4-13(7-12)10-18/h2-8,17-18H,9-10,16H2,1H3. The topological polar surface area (TPSA) is 58.3 Å². The first kappa shape index (κ1) is 12.5. The number of aliphatic hydroxyl groups excluding tert-OH is 1. The van der Waals surface area contributed by atoms with Gasteiger partial charge in [-0.05, 0) is 35.7 Å². The van der Waals surface area contributed by atoms with Crippen LogP contribution < -0.4 is 11.1 Å². The van der Waals surface area contributed by atoms with E-state index in [2.05, 4.69) is 5.32 Å². The number of anilines is 2. The predicted molar refractivity (Wildman–Crippen MR) is 75.3 cm³/mol. The number of nitrogens with one attached hydrogen (secondary N) is 1. The molecule has 0 spiro atoms. The molecule has 0 unspecified atom stereocenters. The second-order valence-electron chi connectivity index (χ2n) is 4.41. The Kier molecular flexibility index (Phi) is 3.85. The summed E-state index contributed by atoms with van der Waals surface area (Å²) in [5.41, 5.74) is 10.8. The zero-order chi connectivity index (χ0) is 13.0. The van der Waals surface area contributed by atoms with Crippen molar-refractivity contribution in [2.45, 2.75) is 20.1 Å². The van der Waals surface area contributed by atoms with Crippen LogP contribution in [0.25, 0.3) is 0 Å². The SMILES string of the molecule is Cc1ccc(N)cc1NCc1cccc(CO)c1. The first-order valence-electron chi connectivity index (χ1n) is 5.97. The maximum Gasteiger partial charge on any atom is 0.0681 e. The molecule has 0 radical (unpaired) electrons. The van der Waals surface area contributed by atoms with Crippen LogP contribution in [0.15, 0.2) is 42.5 Å². The molecule has 0 heterocycles. The van der Waals surface area contributed by atoms with Crippen LogP contribution in [0.3, 0.4) is 0 Å². The van der Waals surface area contributed by atoms with Gasteiger partial charge in [0.2, 0.25) is 0 Å². The van der Waals surface area contributed by atoms with Crippen LogP contribution in [0, 0.1) is 6.92 Å². The molecule has 3 heteroatoms. The number of hydrogen-bond donors (Lipinski definition) is 3. The van der Waals surface area contributed by atoms with Crippen LogP contribution >= 0.6 is 0 Å². The molecule has 2 aromatic carbocycles. The van der Waals surface area contributed by atoms with Gasteiger partial charge in [-0.15, -0.1) is 0 Å². The van der Waals surface area contributed by atoms with Gasteiger partial charge in [0.15, 0.2) is 0 Å². The van der Waals surface area contributed by atoms with Crippen molar-refractivity contribution in [1.29, 1.82) is 0 Å². The van der Waals surface area contributed by atoms with Crippen molar-refractivity contribution < 1.29 is 5.11 Å². The van der Waals surface area contributed by atoms with Crippen LogP contribution in [-0.4, -0.2) is 5.11 Å². The van der Waals surface area contributed by atoms with Gasteiger partial charge in [-0.25, -0.2) is 0 Å². The Morgan fingerprint density at radius 3 is 2.67 bits per heavy atom. The van der Waals surface area contributed by atoms with Gasteiger partial charge in [-0.2, -0.15) is 0 Å². The molecule has 0 aliphatic heterocycles. The molecule has 2 aromatic rings. The lowest BCUT2D eigenvalue weighted by atomic mass is 10.1. The van der Waals surface area contributed by atoms with Gasteiger partial charge < -0.3 is 16.2 Å². The Morgan fingerprint density at radius 2 is 1.89 bits per heavy atom. The lowest BCUT2D eigenvalue weighted by molar-refractivity contribution is 0.281. The van der Waals surface area contributed by atoms with Crippen molar-refractivity contribution in [3.63, 3.8) is 0 Å². The molecule has 0 atom stereocenters. The summed E-state index contributed by atoms with van der Waals surface area (Å²) < 4.78 is 0. The molecule has 3 nitrogen and oxygen atoms in total. The summed E-state index contributed by atoms with van der Waals surface area (Å²) in [5, 5.41) is 12.5. The first-order chi connectivity index (χ1) is 8.69. The van der Waals surface area contributed by atoms with E-state index in [0.29, 0.717) is 0 Å². The minimum atomic E-state index is 0.0746. The minimum absolute atomic E-state index is 0.0746. The van der Waals surface area contributed by atoms with Crippen molar-refractivity contribution in [2.24, 2.45) is 0 Å².